The number of hydrogen-bond acceptors (Lipinski definition) is 6. The smallest absolute Gasteiger partial charge is 0.128 e. The van der Waals surface area contributed by atoms with Gasteiger partial charge >= 0.3 is 0 Å². The molecule has 0 radical (unpaired) electrons. The van der Waals surface area contributed by atoms with Crippen molar-refractivity contribution in [3.8, 4) is 0 Å². The maximum absolute atomic E-state index is 9.54. The number of fused-ring (bicyclic) bond motifs is 1. The molecule has 0 bridgehead atoms. The van der Waals surface area contributed by atoms with E-state index in [0.717, 1.165) is 17.2 Å². The number of aliphatic hydroxyl groups is 4. The average molecular weight is 279 g/mol. The van der Waals surface area contributed by atoms with Crippen LogP contribution in [-0.2, 0) is 6.54 Å². The van der Waals surface area contributed by atoms with Crippen LogP contribution in [0.15, 0.2) is 29.3 Å². The van der Waals surface area contributed by atoms with Crippen molar-refractivity contribution in [3.63, 3.8) is 0 Å². The second kappa shape index (κ2) is 6.58. The lowest BCUT2D eigenvalue weighted by molar-refractivity contribution is -0.0541. The monoisotopic (exact) mass is 279 g/mol. The number of benzene rings is 1. The van der Waals surface area contributed by atoms with E-state index in [9.17, 15) is 10.2 Å². The summed E-state index contributed by atoms with van der Waals surface area (Å²) in [5, 5.41) is 36.8. The molecule has 0 unspecified atom stereocenters. The number of nitrogens with one attached hydrogen (secondary N) is 1. The highest BCUT2D eigenvalue weighted by Gasteiger charge is 2.22. The lowest BCUT2D eigenvalue weighted by Crippen LogP contribution is -2.40. The molecule has 0 aliphatic rings. The summed E-state index contributed by atoms with van der Waals surface area (Å²) in [5.41, 5.74) is 1.72. The minimum absolute atomic E-state index is 0.216. The molecule has 0 amide bonds. The number of para-hydroxylation sites is 2. The molecular weight excluding hydrogens is 262 g/mol. The third-order valence-electron chi connectivity index (χ3n) is 2.87. The van der Waals surface area contributed by atoms with Crippen LogP contribution in [-0.4, -0.2) is 61.5 Å². The van der Waals surface area contributed by atoms with E-state index >= 15 is 0 Å². The Hall–Kier alpha value is -1.80. The molecule has 0 saturated heterocycles. The van der Waals surface area contributed by atoms with Crippen LogP contribution in [0.25, 0.3) is 11.0 Å². The zero-order valence-electron chi connectivity index (χ0n) is 10.7. The molecule has 3 atom stereocenters. The van der Waals surface area contributed by atoms with Gasteiger partial charge in [0, 0.05) is 6.21 Å². The maximum Gasteiger partial charge on any atom is 0.128 e. The van der Waals surface area contributed by atoms with Crippen molar-refractivity contribution in [2.75, 3.05) is 6.61 Å². The summed E-state index contributed by atoms with van der Waals surface area (Å²) >= 11 is 0. The van der Waals surface area contributed by atoms with Crippen LogP contribution in [0.2, 0.25) is 0 Å². The number of hydrogen-bond donors (Lipinski definition) is 5. The first-order valence-corrected chi connectivity index (χ1v) is 6.20. The largest absolute Gasteiger partial charge is 0.394 e. The number of aromatic nitrogens is 2. The van der Waals surface area contributed by atoms with Crippen molar-refractivity contribution in [3.05, 3.63) is 30.1 Å². The quantitative estimate of drug-likeness (QED) is 0.443. The van der Waals surface area contributed by atoms with Crippen LogP contribution in [0.4, 0.5) is 0 Å². The van der Waals surface area contributed by atoms with E-state index in [1.54, 1.807) is 0 Å². The fraction of sp³-hybridized carbons (Fsp3) is 0.385. The number of aliphatic imine (C=N–C) groups is 1. The van der Waals surface area contributed by atoms with Gasteiger partial charge in [0.2, 0.25) is 0 Å². The molecule has 1 aromatic heterocycles. The van der Waals surface area contributed by atoms with E-state index in [0.29, 0.717) is 5.82 Å². The van der Waals surface area contributed by atoms with Crippen molar-refractivity contribution in [1.82, 2.24) is 9.97 Å². The normalized spacial score (nSPS) is 16.6. The molecular formula is C13H17N3O4. The zero-order valence-corrected chi connectivity index (χ0v) is 10.7. The molecule has 0 fully saturated rings. The minimum atomic E-state index is -1.47. The standard InChI is InChI=1S/C13H17N3O4/c17-7-11(19)13(20)10(18)5-14-6-12-15-8-3-1-2-4-9(8)16-12/h1-5,10-11,13,17-20H,6-7H2,(H,15,16)/t10-,11+,13-/m0/s1. The van der Waals surface area contributed by atoms with Gasteiger partial charge in [-0.3, -0.25) is 4.99 Å². The van der Waals surface area contributed by atoms with Crippen LogP contribution in [0.3, 0.4) is 0 Å². The molecule has 1 aromatic carbocycles. The number of imidazole rings is 1. The van der Waals surface area contributed by atoms with Gasteiger partial charge in [0.25, 0.3) is 0 Å². The Labute approximate surface area is 115 Å². The van der Waals surface area contributed by atoms with E-state index in [-0.39, 0.29) is 6.54 Å². The van der Waals surface area contributed by atoms with Gasteiger partial charge in [-0.05, 0) is 12.1 Å². The first-order chi connectivity index (χ1) is 9.61. The molecule has 2 aromatic rings. The summed E-state index contributed by atoms with van der Waals surface area (Å²) < 4.78 is 0. The predicted octanol–water partition coefficient (Wildman–Crippen LogP) is -0.791. The van der Waals surface area contributed by atoms with Crippen LogP contribution in [0.5, 0.6) is 0 Å². The van der Waals surface area contributed by atoms with Crippen molar-refractivity contribution < 1.29 is 20.4 Å². The second-order valence-corrected chi connectivity index (χ2v) is 4.42. The fourth-order valence-electron chi connectivity index (χ4n) is 1.75. The summed E-state index contributed by atoms with van der Waals surface area (Å²) in [6.07, 6.45) is -3.10. The van der Waals surface area contributed by atoms with Gasteiger partial charge in [0.15, 0.2) is 0 Å². The molecule has 5 N–H and O–H groups in total. The summed E-state index contributed by atoms with van der Waals surface area (Å²) in [7, 11) is 0. The van der Waals surface area contributed by atoms with Crippen molar-refractivity contribution in [2.45, 2.75) is 24.9 Å². The van der Waals surface area contributed by atoms with Crippen LogP contribution < -0.4 is 0 Å². The van der Waals surface area contributed by atoms with Gasteiger partial charge in [-0.15, -0.1) is 0 Å². The number of H-pyrrole nitrogens is 1. The Kier molecular flexibility index (Phi) is 4.80. The molecule has 108 valence electrons. The third-order valence-corrected chi connectivity index (χ3v) is 2.87. The van der Waals surface area contributed by atoms with E-state index in [4.69, 9.17) is 10.2 Å². The first-order valence-electron chi connectivity index (χ1n) is 6.20. The molecule has 0 spiro atoms. The van der Waals surface area contributed by atoms with Crippen LogP contribution in [0, 0.1) is 0 Å². The predicted molar refractivity (Wildman–Crippen MR) is 73.4 cm³/mol. The van der Waals surface area contributed by atoms with Gasteiger partial charge in [0.1, 0.15) is 24.1 Å². The van der Waals surface area contributed by atoms with Gasteiger partial charge in [-0.1, -0.05) is 12.1 Å². The lowest BCUT2D eigenvalue weighted by atomic mass is 10.1. The molecule has 20 heavy (non-hydrogen) atoms. The molecule has 0 aliphatic carbocycles. The third kappa shape index (κ3) is 3.40. The van der Waals surface area contributed by atoms with E-state index in [1.807, 2.05) is 24.3 Å². The van der Waals surface area contributed by atoms with Gasteiger partial charge in [0.05, 0.1) is 24.2 Å². The Morgan fingerprint density at radius 1 is 1.25 bits per heavy atom. The lowest BCUT2D eigenvalue weighted by Gasteiger charge is -2.17. The van der Waals surface area contributed by atoms with E-state index < -0.39 is 24.9 Å². The van der Waals surface area contributed by atoms with Crippen molar-refractivity contribution in [2.24, 2.45) is 4.99 Å². The molecule has 0 saturated carbocycles. The molecule has 7 nitrogen and oxygen atoms in total. The van der Waals surface area contributed by atoms with Gasteiger partial charge < -0.3 is 25.4 Å². The molecule has 7 heteroatoms. The number of rotatable bonds is 6. The minimum Gasteiger partial charge on any atom is -0.394 e. The Bertz CT molecular complexity index is 551. The summed E-state index contributed by atoms with van der Waals surface area (Å²) in [4.78, 5) is 11.3. The van der Waals surface area contributed by atoms with Gasteiger partial charge in [-0.25, -0.2) is 4.98 Å². The number of nitrogens with zero attached hydrogens (tertiary/aromatic N) is 2. The van der Waals surface area contributed by atoms with E-state index in [1.165, 1.54) is 0 Å². The van der Waals surface area contributed by atoms with E-state index in [2.05, 4.69) is 15.0 Å². The molecule has 0 aliphatic heterocycles. The van der Waals surface area contributed by atoms with Crippen molar-refractivity contribution >= 4 is 17.2 Å². The summed E-state index contributed by atoms with van der Waals surface area (Å²) in [5.74, 6) is 0.631. The topological polar surface area (TPSA) is 122 Å². The fourth-order valence-corrected chi connectivity index (χ4v) is 1.75. The van der Waals surface area contributed by atoms with Gasteiger partial charge in [-0.2, -0.15) is 0 Å². The Balaban J connectivity index is 1.95. The summed E-state index contributed by atoms with van der Waals surface area (Å²) in [6, 6.07) is 7.54. The number of aromatic amines is 1. The SMILES string of the molecule is OC[C@@H](O)[C@@H](O)[C@@H](O)C=NCc1nc2ccccc2[nH]1. The first kappa shape index (κ1) is 14.6. The average Bonchev–Trinajstić information content (AvgIpc) is 2.88. The highest BCUT2D eigenvalue weighted by Crippen LogP contribution is 2.10. The molecule has 1 heterocycles. The van der Waals surface area contributed by atoms with Crippen LogP contribution in [0.1, 0.15) is 5.82 Å². The second-order valence-electron chi connectivity index (χ2n) is 4.42. The van der Waals surface area contributed by atoms with Crippen molar-refractivity contribution in [1.29, 1.82) is 0 Å². The highest BCUT2D eigenvalue weighted by molar-refractivity contribution is 5.74. The summed E-state index contributed by atoms with van der Waals surface area (Å²) in [6.45, 7) is -0.413. The zero-order chi connectivity index (χ0) is 14.5. The Morgan fingerprint density at radius 2 is 2.00 bits per heavy atom. The van der Waals surface area contributed by atoms with Crippen LogP contribution >= 0.6 is 0 Å². The molecule has 2 rings (SSSR count). The Morgan fingerprint density at radius 3 is 2.70 bits per heavy atom. The maximum atomic E-state index is 9.54. The highest BCUT2D eigenvalue weighted by atomic mass is 16.4. The number of aliphatic hydroxyl groups excluding tert-OH is 4.